The number of H-pyrrole nitrogens is 1. The summed E-state index contributed by atoms with van der Waals surface area (Å²) in [7, 11) is 0. The van der Waals surface area contributed by atoms with E-state index < -0.39 is 0 Å². The van der Waals surface area contributed by atoms with Crippen molar-refractivity contribution in [3.05, 3.63) is 64.5 Å². The van der Waals surface area contributed by atoms with Gasteiger partial charge in [-0.1, -0.05) is 42.8 Å². The van der Waals surface area contributed by atoms with Gasteiger partial charge in [0.1, 0.15) is 18.1 Å². The second kappa shape index (κ2) is 8.44. The van der Waals surface area contributed by atoms with E-state index in [1.807, 2.05) is 37.3 Å². The van der Waals surface area contributed by atoms with Crippen LogP contribution in [-0.4, -0.2) is 31.5 Å². The second-order valence-electron chi connectivity index (χ2n) is 6.31. The van der Waals surface area contributed by atoms with E-state index in [0.717, 1.165) is 28.9 Å². The smallest absolute Gasteiger partial charge is 0.179 e. The monoisotopic (exact) mass is 366 g/mol. The maximum absolute atomic E-state index is 11.7. The van der Waals surface area contributed by atoms with Gasteiger partial charge in [-0.3, -0.25) is 4.79 Å². The number of tetrazole rings is 1. The molecule has 140 valence electrons. The number of para-hydroxylation sites is 1. The summed E-state index contributed by atoms with van der Waals surface area (Å²) in [5.41, 5.74) is 2.93. The van der Waals surface area contributed by atoms with Crippen molar-refractivity contribution in [3.8, 4) is 11.5 Å². The number of phenols is 1. The summed E-state index contributed by atoms with van der Waals surface area (Å²) >= 11 is 0. The molecule has 0 radical (unpaired) electrons. The SMILES string of the molecule is CCCc1c(COc2ccccc2Cc2nn[nH]n2)ccc(C(C)=O)c1O. The van der Waals surface area contributed by atoms with E-state index in [1.54, 1.807) is 6.07 Å². The number of hydrogen-bond donors (Lipinski definition) is 2. The molecule has 3 aromatic rings. The summed E-state index contributed by atoms with van der Waals surface area (Å²) in [5, 5.41) is 24.5. The first kappa shape index (κ1) is 18.6. The number of carbonyl (C=O) groups is 1. The van der Waals surface area contributed by atoms with Crippen molar-refractivity contribution >= 4 is 5.78 Å². The van der Waals surface area contributed by atoms with E-state index >= 15 is 0 Å². The number of rotatable bonds is 8. The van der Waals surface area contributed by atoms with Crippen LogP contribution in [0.2, 0.25) is 0 Å². The van der Waals surface area contributed by atoms with Crippen molar-refractivity contribution < 1.29 is 14.6 Å². The number of aromatic hydroxyl groups is 1. The lowest BCUT2D eigenvalue weighted by Crippen LogP contribution is -2.05. The summed E-state index contributed by atoms with van der Waals surface area (Å²) in [6.45, 7) is 3.78. The standard InChI is InChI=1S/C20H22N4O3/c1-3-6-17-15(9-10-16(13(2)25)20(17)26)12-27-18-8-5-4-7-14(18)11-19-21-23-24-22-19/h4-5,7-10,26H,3,6,11-12H2,1-2H3,(H,21,22,23,24). The van der Waals surface area contributed by atoms with Crippen molar-refractivity contribution in [1.82, 2.24) is 20.6 Å². The molecule has 2 aromatic carbocycles. The molecule has 0 amide bonds. The van der Waals surface area contributed by atoms with Crippen LogP contribution < -0.4 is 4.74 Å². The summed E-state index contributed by atoms with van der Waals surface area (Å²) in [6, 6.07) is 11.2. The molecule has 0 saturated heterocycles. The normalized spacial score (nSPS) is 10.7. The molecule has 0 unspecified atom stereocenters. The molecule has 0 bridgehead atoms. The lowest BCUT2D eigenvalue weighted by Gasteiger charge is -2.15. The Morgan fingerprint density at radius 3 is 2.70 bits per heavy atom. The predicted molar refractivity (Wildman–Crippen MR) is 99.9 cm³/mol. The second-order valence-corrected chi connectivity index (χ2v) is 6.31. The van der Waals surface area contributed by atoms with Gasteiger partial charge >= 0.3 is 0 Å². The van der Waals surface area contributed by atoms with Gasteiger partial charge in [-0.25, -0.2) is 0 Å². The minimum absolute atomic E-state index is 0.0607. The fourth-order valence-corrected chi connectivity index (χ4v) is 3.00. The summed E-state index contributed by atoms with van der Waals surface area (Å²) < 4.78 is 6.03. The first-order valence-corrected chi connectivity index (χ1v) is 8.87. The van der Waals surface area contributed by atoms with Crippen molar-refractivity contribution in [2.45, 2.75) is 39.7 Å². The highest BCUT2D eigenvalue weighted by molar-refractivity contribution is 5.97. The number of nitrogens with zero attached hydrogens (tertiary/aromatic N) is 3. The molecule has 7 heteroatoms. The van der Waals surface area contributed by atoms with Gasteiger partial charge in [-0.15, -0.1) is 10.2 Å². The topological polar surface area (TPSA) is 101 Å². The average molecular weight is 366 g/mol. The Labute approximate surface area is 157 Å². The van der Waals surface area contributed by atoms with Crippen LogP contribution in [0.3, 0.4) is 0 Å². The van der Waals surface area contributed by atoms with Crippen molar-refractivity contribution in [1.29, 1.82) is 0 Å². The molecular formula is C20H22N4O3. The Morgan fingerprint density at radius 1 is 1.19 bits per heavy atom. The van der Waals surface area contributed by atoms with Gasteiger partial charge < -0.3 is 9.84 Å². The van der Waals surface area contributed by atoms with Crippen molar-refractivity contribution in [2.24, 2.45) is 0 Å². The summed E-state index contributed by atoms with van der Waals surface area (Å²) in [6.07, 6.45) is 2.04. The number of carbonyl (C=O) groups excluding carboxylic acids is 1. The van der Waals surface area contributed by atoms with E-state index in [-0.39, 0.29) is 11.5 Å². The number of Topliss-reactive ketones (excluding diaryl/α,β-unsaturated/α-hetero) is 1. The molecule has 0 aliphatic heterocycles. The Hall–Kier alpha value is -3.22. The van der Waals surface area contributed by atoms with E-state index in [1.165, 1.54) is 6.92 Å². The number of phenolic OH excluding ortho intramolecular Hbond substituents is 1. The quantitative estimate of drug-likeness (QED) is 0.594. The maximum atomic E-state index is 11.7. The zero-order valence-electron chi connectivity index (χ0n) is 15.4. The highest BCUT2D eigenvalue weighted by Gasteiger charge is 2.16. The third kappa shape index (κ3) is 4.31. The molecule has 7 nitrogen and oxygen atoms in total. The third-order valence-electron chi connectivity index (χ3n) is 4.35. The number of nitrogens with one attached hydrogen (secondary N) is 1. The van der Waals surface area contributed by atoms with Crippen LogP contribution in [0.5, 0.6) is 11.5 Å². The van der Waals surface area contributed by atoms with Crippen LogP contribution in [0.4, 0.5) is 0 Å². The number of benzene rings is 2. The third-order valence-corrected chi connectivity index (χ3v) is 4.35. The largest absolute Gasteiger partial charge is 0.507 e. The minimum atomic E-state index is -0.150. The van der Waals surface area contributed by atoms with E-state index in [9.17, 15) is 9.90 Å². The number of ether oxygens (including phenoxy) is 1. The average Bonchev–Trinajstić information content (AvgIpc) is 3.16. The molecule has 0 spiro atoms. The van der Waals surface area contributed by atoms with Crippen LogP contribution in [0.25, 0.3) is 0 Å². The molecular weight excluding hydrogens is 344 g/mol. The molecule has 0 fully saturated rings. The molecule has 2 N–H and O–H groups in total. The molecule has 0 atom stereocenters. The first-order valence-electron chi connectivity index (χ1n) is 8.87. The lowest BCUT2D eigenvalue weighted by molar-refractivity contribution is 0.101. The molecule has 1 heterocycles. The van der Waals surface area contributed by atoms with Gasteiger partial charge in [0.25, 0.3) is 0 Å². The number of aromatic nitrogens is 4. The van der Waals surface area contributed by atoms with E-state index in [4.69, 9.17) is 4.74 Å². The van der Waals surface area contributed by atoms with Crippen molar-refractivity contribution in [3.63, 3.8) is 0 Å². The van der Waals surface area contributed by atoms with Crippen LogP contribution in [-0.2, 0) is 19.4 Å². The van der Waals surface area contributed by atoms with Crippen LogP contribution >= 0.6 is 0 Å². The summed E-state index contributed by atoms with van der Waals surface area (Å²) in [4.78, 5) is 11.7. The van der Waals surface area contributed by atoms with E-state index in [0.29, 0.717) is 30.8 Å². The zero-order chi connectivity index (χ0) is 19.2. The zero-order valence-corrected chi connectivity index (χ0v) is 15.4. The van der Waals surface area contributed by atoms with Gasteiger partial charge in [-0.05, 0) is 31.0 Å². The van der Waals surface area contributed by atoms with Gasteiger partial charge in [0, 0.05) is 17.5 Å². The molecule has 1 aromatic heterocycles. The predicted octanol–water partition coefficient (Wildman–Crippen LogP) is 3.23. The van der Waals surface area contributed by atoms with Gasteiger partial charge in [0.15, 0.2) is 11.6 Å². The molecule has 27 heavy (non-hydrogen) atoms. The minimum Gasteiger partial charge on any atom is -0.507 e. The highest BCUT2D eigenvalue weighted by atomic mass is 16.5. The maximum Gasteiger partial charge on any atom is 0.179 e. The van der Waals surface area contributed by atoms with E-state index in [2.05, 4.69) is 20.6 Å². The summed E-state index contributed by atoms with van der Waals surface area (Å²) in [5.74, 6) is 1.22. The highest BCUT2D eigenvalue weighted by Crippen LogP contribution is 2.29. The molecule has 0 aliphatic rings. The Morgan fingerprint density at radius 2 is 2.00 bits per heavy atom. The van der Waals surface area contributed by atoms with Gasteiger partial charge in [0.05, 0.1) is 5.56 Å². The number of hydrogen-bond acceptors (Lipinski definition) is 6. The van der Waals surface area contributed by atoms with Crippen LogP contribution in [0, 0.1) is 0 Å². The molecule has 0 aliphatic carbocycles. The Bertz CT molecular complexity index is 923. The van der Waals surface area contributed by atoms with Crippen LogP contribution in [0.15, 0.2) is 36.4 Å². The molecule has 3 rings (SSSR count). The Kier molecular flexibility index (Phi) is 5.80. The Balaban J connectivity index is 1.83. The molecule has 0 saturated carbocycles. The van der Waals surface area contributed by atoms with Gasteiger partial charge in [0.2, 0.25) is 0 Å². The van der Waals surface area contributed by atoms with Gasteiger partial charge in [-0.2, -0.15) is 5.21 Å². The first-order chi connectivity index (χ1) is 13.1. The van der Waals surface area contributed by atoms with Crippen LogP contribution in [0.1, 0.15) is 53.1 Å². The lowest BCUT2D eigenvalue weighted by atomic mass is 9.97. The fourth-order valence-electron chi connectivity index (χ4n) is 3.00. The number of aromatic amines is 1. The van der Waals surface area contributed by atoms with Crippen molar-refractivity contribution in [2.75, 3.05) is 0 Å². The fraction of sp³-hybridized carbons (Fsp3) is 0.300. The number of ketones is 1.